The Morgan fingerprint density at radius 1 is 1.03 bits per heavy atom. The molecule has 0 saturated carbocycles. The van der Waals surface area contributed by atoms with Gasteiger partial charge in [0, 0.05) is 24.8 Å². The molecule has 1 aromatic rings. The van der Waals surface area contributed by atoms with E-state index >= 15 is 0 Å². The largest absolute Gasteiger partial charge is 0.541 e. The van der Waals surface area contributed by atoms with Gasteiger partial charge in [-0.1, -0.05) is 66.3 Å². The molecule has 1 heterocycles. The van der Waals surface area contributed by atoms with Gasteiger partial charge in [-0.15, -0.1) is 0 Å². The van der Waals surface area contributed by atoms with E-state index in [-0.39, 0.29) is 15.2 Å². The molecule has 2 rings (SSSR count). The van der Waals surface area contributed by atoms with Crippen LogP contribution < -0.4 is 8.85 Å². The van der Waals surface area contributed by atoms with Gasteiger partial charge >= 0.3 is 0 Å². The van der Waals surface area contributed by atoms with Crippen molar-refractivity contribution in [2.45, 2.75) is 116 Å². The lowest BCUT2D eigenvalue weighted by Crippen LogP contribution is -2.45. The highest BCUT2D eigenvalue weighted by atomic mass is 32.2. The molecule has 1 saturated heterocycles. The van der Waals surface area contributed by atoms with E-state index in [1.165, 1.54) is 17.3 Å². The summed E-state index contributed by atoms with van der Waals surface area (Å²) in [4.78, 5) is 14.2. The summed E-state index contributed by atoms with van der Waals surface area (Å²) in [5.74, 6) is 1.79. The van der Waals surface area contributed by atoms with Crippen LogP contribution in [-0.2, 0) is 4.79 Å². The SMILES string of the molecule is CCC(c1ccc(O[Si](C)(C)C(C)(C)C)c(O[Si](C)(C)C(C)(C)C)c1)N1CCC(SC(C)=O)C1. The first kappa shape index (κ1) is 29.5. The summed E-state index contributed by atoms with van der Waals surface area (Å²) in [7, 11) is -4.06. The summed E-state index contributed by atoms with van der Waals surface area (Å²) in [6.45, 7) is 28.8. The van der Waals surface area contributed by atoms with Gasteiger partial charge in [-0.2, -0.15) is 0 Å². The van der Waals surface area contributed by atoms with Crippen molar-refractivity contribution in [3.05, 3.63) is 23.8 Å². The van der Waals surface area contributed by atoms with Gasteiger partial charge in [-0.3, -0.25) is 9.69 Å². The minimum absolute atomic E-state index is 0.105. The van der Waals surface area contributed by atoms with Crippen LogP contribution in [0.5, 0.6) is 11.5 Å². The van der Waals surface area contributed by atoms with Gasteiger partial charge in [-0.05, 0) is 73.3 Å². The molecule has 1 aromatic carbocycles. The monoisotopic (exact) mass is 523 g/mol. The second kappa shape index (κ2) is 10.7. The van der Waals surface area contributed by atoms with Crippen LogP contribution in [0.15, 0.2) is 18.2 Å². The Bertz CT molecular complexity index is 858. The third kappa shape index (κ3) is 7.14. The molecule has 1 aliphatic rings. The lowest BCUT2D eigenvalue weighted by atomic mass is 10.0. The zero-order valence-electron chi connectivity index (χ0n) is 23.8. The fourth-order valence-corrected chi connectivity index (χ4v) is 6.82. The van der Waals surface area contributed by atoms with Crippen LogP contribution in [0.25, 0.3) is 0 Å². The molecule has 0 aromatic heterocycles. The van der Waals surface area contributed by atoms with Gasteiger partial charge < -0.3 is 8.85 Å². The fourth-order valence-electron chi connectivity index (χ4n) is 3.82. The number of benzene rings is 1. The van der Waals surface area contributed by atoms with Crippen molar-refractivity contribution in [3.8, 4) is 11.5 Å². The Hall–Kier alpha value is -0.766. The van der Waals surface area contributed by atoms with Gasteiger partial charge in [0.2, 0.25) is 0 Å². The lowest BCUT2D eigenvalue weighted by Gasteiger charge is -2.40. The van der Waals surface area contributed by atoms with Crippen molar-refractivity contribution in [1.29, 1.82) is 0 Å². The molecule has 2 unspecified atom stereocenters. The van der Waals surface area contributed by atoms with Gasteiger partial charge in [0.05, 0.1) is 0 Å². The van der Waals surface area contributed by atoms with E-state index in [1.807, 2.05) is 0 Å². The Morgan fingerprint density at radius 2 is 1.56 bits per heavy atom. The summed E-state index contributed by atoms with van der Waals surface area (Å²) < 4.78 is 13.7. The molecule has 1 aliphatic heterocycles. The standard InChI is InChI=1S/C27H49NO3SSi2/c1-13-23(28-17-16-22(19-28)32-20(2)29)21-14-15-24(30-33(9,10)26(3,4)5)25(18-21)31-34(11,12)27(6,7)8/h14-15,18,22-23H,13,16-17,19H2,1-12H3. The van der Waals surface area contributed by atoms with Crippen LogP contribution in [0.4, 0.5) is 0 Å². The molecule has 0 aliphatic carbocycles. The maximum Gasteiger partial charge on any atom is 0.250 e. The first-order valence-corrected chi connectivity index (χ1v) is 19.5. The molecule has 7 heteroatoms. The molecule has 34 heavy (non-hydrogen) atoms. The van der Waals surface area contributed by atoms with Crippen LogP contribution in [0.3, 0.4) is 0 Å². The summed E-state index contributed by atoms with van der Waals surface area (Å²) in [5, 5.41) is 0.839. The number of likely N-dealkylation sites (tertiary alicyclic amines) is 1. The number of nitrogens with zero attached hydrogens (tertiary/aromatic N) is 1. The van der Waals surface area contributed by atoms with E-state index in [1.54, 1.807) is 6.92 Å². The fraction of sp³-hybridized carbons (Fsp3) is 0.741. The Kier molecular flexibility index (Phi) is 9.26. The van der Waals surface area contributed by atoms with E-state index in [4.69, 9.17) is 8.85 Å². The van der Waals surface area contributed by atoms with Crippen molar-refractivity contribution >= 4 is 33.5 Å². The highest BCUT2D eigenvalue weighted by Gasteiger charge is 2.42. The highest BCUT2D eigenvalue weighted by molar-refractivity contribution is 8.14. The molecule has 0 spiro atoms. The predicted octanol–water partition coefficient (Wildman–Crippen LogP) is 8.26. The number of carbonyl (C=O) groups excluding carboxylic acids is 1. The molecule has 2 atom stereocenters. The molecular weight excluding hydrogens is 475 g/mol. The quantitative estimate of drug-likeness (QED) is 0.321. The van der Waals surface area contributed by atoms with Crippen LogP contribution in [0.1, 0.15) is 79.8 Å². The van der Waals surface area contributed by atoms with Crippen molar-refractivity contribution in [2.75, 3.05) is 13.1 Å². The van der Waals surface area contributed by atoms with Crippen LogP contribution >= 0.6 is 11.8 Å². The number of carbonyl (C=O) groups is 1. The first-order chi connectivity index (χ1) is 15.4. The van der Waals surface area contributed by atoms with Gasteiger partial charge in [0.15, 0.2) is 5.12 Å². The number of thioether (sulfide) groups is 1. The van der Waals surface area contributed by atoms with E-state index in [0.717, 1.165) is 37.4 Å². The average Bonchev–Trinajstić information content (AvgIpc) is 3.09. The molecule has 194 valence electrons. The Labute approximate surface area is 215 Å². The Balaban J connectivity index is 2.44. The van der Waals surface area contributed by atoms with Crippen molar-refractivity contribution in [3.63, 3.8) is 0 Å². The van der Waals surface area contributed by atoms with Crippen molar-refractivity contribution in [1.82, 2.24) is 4.90 Å². The minimum atomic E-state index is -2.05. The molecule has 4 nitrogen and oxygen atoms in total. The zero-order chi connectivity index (χ0) is 26.1. The van der Waals surface area contributed by atoms with Crippen molar-refractivity contribution < 1.29 is 13.6 Å². The van der Waals surface area contributed by atoms with Crippen LogP contribution in [0.2, 0.25) is 36.3 Å². The molecule has 0 amide bonds. The normalized spacial score (nSPS) is 19.2. The minimum Gasteiger partial charge on any atom is -0.541 e. The molecular formula is C27H49NO3SSi2. The predicted molar refractivity (Wildman–Crippen MR) is 153 cm³/mol. The maximum atomic E-state index is 11.6. The smallest absolute Gasteiger partial charge is 0.250 e. The van der Waals surface area contributed by atoms with E-state index in [0.29, 0.717) is 11.3 Å². The highest BCUT2D eigenvalue weighted by Crippen LogP contribution is 2.45. The number of rotatable bonds is 8. The van der Waals surface area contributed by atoms with E-state index in [9.17, 15) is 4.79 Å². The van der Waals surface area contributed by atoms with Crippen molar-refractivity contribution in [2.24, 2.45) is 0 Å². The lowest BCUT2D eigenvalue weighted by molar-refractivity contribution is -0.109. The zero-order valence-corrected chi connectivity index (χ0v) is 26.6. The molecule has 0 N–H and O–H groups in total. The third-order valence-corrected chi connectivity index (χ3v) is 17.8. The van der Waals surface area contributed by atoms with Gasteiger partial charge in [0.25, 0.3) is 16.6 Å². The second-order valence-electron chi connectivity index (χ2n) is 12.9. The topological polar surface area (TPSA) is 38.8 Å². The van der Waals surface area contributed by atoms with Crippen LogP contribution in [-0.4, -0.2) is 45.0 Å². The van der Waals surface area contributed by atoms with E-state index < -0.39 is 16.6 Å². The van der Waals surface area contributed by atoms with Crippen LogP contribution in [0, 0.1) is 0 Å². The van der Waals surface area contributed by atoms with Gasteiger partial charge in [0.1, 0.15) is 11.5 Å². The number of hydrogen-bond acceptors (Lipinski definition) is 5. The summed E-state index contributed by atoms with van der Waals surface area (Å²) in [5.41, 5.74) is 1.28. The summed E-state index contributed by atoms with van der Waals surface area (Å²) >= 11 is 1.50. The molecule has 0 bridgehead atoms. The second-order valence-corrected chi connectivity index (χ2v) is 23.8. The maximum absolute atomic E-state index is 11.6. The average molecular weight is 524 g/mol. The number of hydrogen-bond donors (Lipinski definition) is 0. The Morgan fingerprint density at radius 3 is 2.03 bits per heavy atom. The van der Waals surface area contributed by atoms with Gasteiger partial charge in [-0.25, -0.2) is 0 Å². The summed E-state index contributed by atoms with van der Waals surface area (Å²) in [6, 6.07) is 6.96. The van der Waals surface area contributed by atoms with E-state index in [2.05, 4.69) is 97.8 Å². The third-order valence-electron chi connectivity index (χ3n) is 8.03. The first-order valence-electron chi connectivity index (χ1n) is 12.8. The molecule has 1 fully saturated rings. The summed E-state index contributed by atoms with van der Waals surface area (Å²) in [6.07, 6.45) is 2.10. The molecule has 0 radical (unpaired) electrons.